The molecule has 0 atom stereocenters. The van der Waals surface area contributed by atoms with Gasteiger partial charge in [-0.1, -0.05) is 137 Å². The monoisotopic (exact) mass is 729 g/mol. The molecule has 0 saturated carbocycles. The standard InChI is InChI=1S/C23H16S.C12H7BrS.C10H9N/c1-2-9-19-17(6-1)7-5-8-18(19)14-16-12-13-23-21(15-16)20-10-3-4-11-22(20)24-23;13-8-5-6-12-10(7-8)9-3-1-2-4-11(9)14-12;11-10-7-3-5-8-4-1-2-6-9(8)10/h1-13,15H,14H2;1-7H;1-7H,11H2. The average molecular weight is 731 g/mol. The molecule has 0 aliphatic heterocycles. The largest absolute Gasteiger partial charge is 0.398 e. The van der Waals surface area contributed by atoms with Gasteiger partial charge in [-0.3, -0.25) is 0 Å². The van der Waals surface area contributed by atoms with E-state index < -0.39 is 0 Å². The second kappa shape index (κ2) is 13.9. The summed E-state index contributed by atoms with van der Waals surface area (Å²) in [6, 6.07) is 59.9. The maximum absolute atomic E-state index is 5.76. The highest BCUT2D eigenvalue weighted by atomic mass is 79.9. The van der Waals surface area contributed by atoms with Crippen LogP contribution in [0.4, 0.5) is 5.69 Å². The van der Waals surface area contributed by atoms with E-state index >= 15 is 0 Å². The van der Waals surface area contributed by atoms with Crippen LogP contribution in [0.3, 0.4) is 0 Å². The number of thiophene rings is 2. The van der Waals surface area contributed by atoms with E-state index in [-0.39, 0.29) is 0 Å². The summed E-state index contributed by atoms with van der Waals surface area (Å²) in [6.07, 6.45) is 0.974. The lowest BCUT2D eigenvalue weighted by molar-refractivity contribution is 1.22. The van der Waals surface area contributed by atoms with Crippen molar-refractivity contribution in [2.45, 2.75) is 6.42 Å². The summed E-state index contributed by atoms with van der Waals surface area (Å²) in [6.45, 7) is 0. The summed E-state index contributed by atoms with van der Waals surface area (Å²) in [5.41, 5.74) is 9.38. The third-order valence-corrected chi connectivity index (χ3v) is 11.7. The van der Waals surface area contributed by atoms with Crippen molar-refractivity contribution in [3.8, 4) is 0 Å². The van der Waals surface area contributed by atoms with E-state index in [1.807, 2.05) is 53.0 Å². The topological polar surface area (TPSA) is 26.0 Å². The van der Waals surface area contributed by atoms with Crippen LogP contribution in [0.15, 0.2) is 174 Å². The first kappa shape index (κ1) is 31.3. The van der Waals surface area contributed by atoms with E-state index in [4.69, 9.17) is 5.73 Å². The van der Waals surface area contributed by atoms with E-state index in [1.165, 1.54) is 67.6 Å². The number of anilines is 1. The third-order valence-electron chi connectivity index (χ3n) is 8.88. The van der Waals surface area contributed by atoms with Crippen molar-refractivity contribution in [3.63, 3.8) is 0 Å². The molecule has 0 saturated heterocycles. The highest BCUT2D eigenvalue weighted by Crippen LogP contribution is 2.36. The highest BCUT2D eigenvalue weighted by molar-refractivity contribution is 9.10. The molecule has 0 bridgehead atoms. The molecule has 0 spiro atoms. The molecule has 236 valence electrons. The maximum Gasteiger partial charge on any atom is 0.0393 e. The molecule has 0 fully saturated rings. The van der Waals surface area contributed by atoms with Gasteiger partial charge in [0.25, 0.3) is 0 Å². The fourth-order valence-electron chi connectivity index (χ4n) is 6.50. The molecule has 2 heterocycles. The van der Waals surface area contributed by atoms with Crippen molar-refractivity contribution in [1.29, 1.82) is 0 Å². The van der Waals surface area contributed by atoms with Crippen LogP contribution >= 0.6 is 38.6 Å². The Labute approximate surface area is 302 Å². The van der Waals surface area contributed by atoms with Crippen molar-refractivity contribution in [3.05, 3.63) is 185 Å². The first-order valence-corrected chi connectivity index (χ1v) is 18.7. The van der Waals surface area contributed by atoms with Crippen molar-refractivity contribution >= 4 is 106 Å². The summed E-state index contributed by atoms with van der Waals surface area (Å²) in [5.74, 6) is 0. The third kappa shape index (κ3) is 6.56. The smallest absolute Gasteiger partial charge is 0.0393 e. The Morgan fingerprint density at radius 2 is 0.898 bits per heavy atom. The molecular formula is C45H32BrNS2. The van der Waals surface area contributed by atoms with E-state index in [0.717, 1.165) is 22.0 Å². The summed E-state index contributed by atoms with van der Waals surface area (Å²) >= 11 is 7.24. The number of benzene rings is 8. The molecule has 0 radical (unpaired) electrons. The van der Waals surface area contributed by atoms with Gasteiger partial charge in [0.15, 0.2) is 0 Å². The Bertz CT molecular complexity index is 2730. The van der Waals surface area contributed by atoms with Crippen LogP contribution in [0, 0.1) is 0 Å². The summed E-state index contributed by atoms with van der Waals surface area (Å²) in [7, 11) is 0. The Morgan fingerprint density at radius 1 is 0.408 bits per heavy atom. The van der Waals surface area contributed by atoms with Crippen LogP contribution in [0.25, 0.3) is 61.9 Å². The molecule has 0 amide bonds. The van der Waals surface area contributed by atoms with E-state index in [2.05, 4.69) is 155 Å². The maximum atomic E-state index is 5.76. The zero-order chi connectivity index (χ0) is 33.2. The SMILES string of the molecule is Brc1ccc2sc3ccccc3c2c1.Nc1cccc2ccccc12.c1ccc2c(Cc3ccc4sc5ccccc5c4c3)cccc2c1. The van der Waals surface area contributed by atoms with Gasteiger partial charge >= 0.3 is 0 Å². The molecule has 10 aromatic rings. The molecule has 0 aliphatic rings. The second-order valence-corrected chi connectivity index (χ2v) is 15.1. The van der Waals surface area contributed by atoms with Crippen molar-refractivity contribution < 1.29 is 0 Å². The fraction of sp³-hybridized carbons (Fsp3) is 0.0222. The van der Waals surface area contributed by atoms with Crippen LogP contribution in [-0.4, -0.2) is 0 Å². The lowest BCUT2D eigenvalue weighted by Gasteiger charge is -2.07. The van der Waals surface area contributed by atoms with Crippen molar-refractivity contribution in [2.75, 3.05) is 5.73 Å². The zero-order valence-corrected chi connectivity index (χ0v) is 29.9. The number of hydrogen-bond donors (Lipinski definition) is 1. The molecule has 2 aromatic heterocycles. The average Bonchev–Trinajstić information content (AvgIpc) is 3.70. The molecule has 10 rings (SSSR count). The van der Waals surface area contributed by atoms with Gasteiger partial charge in [-0.25, -0.2) is 0 Å². The minimum absolute atomic E-state index is 0.850. The van der Waals surface area contributed by atoms with Crippen LogP contribution in [0.5, 0.6) is 0 Å². The van der Waals surface area contributed by atoms with Crippen molar-refractivity contribution in [1.82, 2.24) is 0 Å². The van der Waals surface area contributed by atoms with E-state index in [9.17, 15) is 0 Å². The fourth-order valence-corrected chi connectivity index (χ4v) is 9.03. The summed E-state index contributed by atoms with van der Waals surface area (Å²) < 4.78 is 6.61. The van der Waals surface area contributed by atoms with Crippen molar-refractivity contribution in [2.24, 2.45) is 0 Å². The van der Waals surface area contributed by atoms with Gasteiger partial charge in [0.1, 0.15) is 0 Å². The number of hydrogen-bond acceptors (Lipinski definition) is 3. The van der Waals surface area contributed by atoms with Gasteiger partial charge in [-0.2, -0.15) is 0 Å². The minimum Gasteiger partial charge on any atom is -0.398 e. The number of nitrogens with two attached hydrogens (primary N) is 1. The van der Waals surface area contributed by atoms with Gasteiger partial charge < -0.3 is 5.73 Å². The molecule has 49 heavy (non-hydrogen) atoms. The normalized spacial score (nSPS) is 11.1. The van der Waals surface area contributed by atoms with Crippen LogP contribution in [0.1, 0.15) is 11.1 Å². The molecule has 4 heteroatoms. The van der Waals surface area contributed by atoms with Gasteiger partial charge in [0.05, 0.1) is 0 Å². The number of rotatable bonds is 2. The zero-order valence-electron chi connectivity index (χ0n) is 26.6. The summed E-state index contributed by atoms with van der Waals surface area (Å²) in [5, 5.41) is 10.5. The molecule has 2 N–H and O–H groups in total. The van der Waals surface area contributed by atoms with E-state index in [1.54, 1.807) is 0 Å². The second-order valence-electron chi connectivity index (χ2n) is 12.1. The van der Waals surface area contributed by atoms with E-state index in [0.29, 0.717) is 0 Å². The Balaban J connectivity index is 0.000000118. The minimum atomic E-state index is 0.850. The molecule has 0 unspecified atom stereocenters. The predicted octanol–water partition coefficient (Wildman–Crippen LogP) is 14.0. The lowest BCUT2D eigenvalue weighted by Crippen LogP contribution is -1.89. The van der Waals surface area contributed by atoms with Crippen LogP contribution in [0.2, 0.25) is 0 Å². The Kier molecular flexibility index (Phi) is 8.84. The predicted molar refractivity (Wildman–Crippen MR) is 221 cm³/mol. The van der Waals surface area contributed by atoms with Gasteiger partial charge in [-0.15, -0.1) is 22.7 Å². The van der Waals surface area contributed by atoms with Crippen LogP contribution < -0.4 is 5.73 Å². The number of halogens is 1. The molecule has 1 nitrogen and oxygen atoms in total. The first-order chi connectivity index (χ1) is 24.1. The first-order valence-electron chi connectivity index (χ1n) is 16.3. The molecular weight excluding hydrogens is 699 g/mol. The van der Waals surface area contributed by atoms with Gasteiger partial charge in [0.2, 0.25) is 0 Å². The van der Waals surface area contributed by atoms with Gasteiger partial charge in [-0.05, 0) is 82.2 Å². The number of nitrogen functional groups attached to an aromatic ring is 1. The highest BCUT2D eigenvalue weighted by Gasteiger charge is 2.08. The molecule has 8 aromatic carbocycles. The molecule has 0 aliphatic carbocycles. The quantitative estimate of drug-likeness (QED) is 0.176. The van der Waals surface area contributed by atoms with Gasteiger partial charge in [0, 0.05) is 55.9 Å². The Hall–Kier alpha value is -5.00. The Morgan fingerprint density at radius 3 is 1.57 bits per heavy atom. The summed E-state index contributed by atoms with van der Waals surface area (Å²) in [4.78, 5) is 0. The van der Waals surface area contributed by atoms with Crippen LogP contribution in [-0.2, 0) is 6.42 Å². The number of fused-ring (bicyclic) bond motifs is 8. The lowest BCUT2D eigenvalue weighted by atomic mass is 9.97.